The first-order valence-electron chi connectivity index (χ1n) is 8.73. The summed E-state index contributed by atoms with van der Waals surface area (Å²) in [7, 11) is 0. The molecule has 3 aromatic rings. The van der Waals surface area contributed by atoms with Crippen molar-refractivity contribution in [1.82, 2.24) is 4.57 Å². The zero-order valence-electron chi connectivity index (χ0n) is 15.2. The topological polar surface area (TPSA) is 80.2 Å². The van der Waals surface area contributed by atoms with Crippen LogP contribution in [0.4, 0.5) is 11.4 Å². The Morgan fingerprint density at radius 2 is 1.74 bits per heavy atom. The van der Waals surface area contributed by atoms with E-state index in [1.165, 1.54) is 11.3 Å². The number of aryl methyl sites for hydroxylation is 1. The number of anilines is 2. The molecule has 0 unspecified atom stereocenters. The minimum atomic E-state index is -0.190. The summed E-state index contributed by atoms with van der Waals surface area (Å²) in [6.07, 6.45) is 0.184. The molecule has 140 valence electrons. The third-order valence-corrected chi connectivity index (χ3v) is 5.03. The number of aromatic nitrogens is 1. The highest BCUT2D eigenvalue weighted by molar-refractivity contribution is 7.16. The first kappa shape index (κ1) is 18.8. The van der Waals surface area contributed by atoms with Crippen molar-refractivity contribution in [1.29, 1.82) is 0 Å². The van der Waals surface area contributed by atoms with Crippen LogP contribution >= 0.6 is 11.3 Å². The number of nitrogens with one attached hydrogen (secondary N) is 2. The van der Waals surface area contributed by atoms with Crippen LogP contribution in [0.25, 0.3) is 10.2 Å². The summed E-state index contributed by atoms with van der Waals surface area (Å²) in [5.74, 6) is -0.395. The lowest BCUT2D eigenvalue weighted by Gasteiger charge is -2.10. The number of hydrogen-bond acceptors (Lipinski definition) is 4. The number of hydrogen-bond donors (Lipinski definition) is 2. The van der Waals surface area contributed by atoms with E-state index in [4.69, 9.17) is 0 Å². The average Bonchev–Trinajstić information content (AvgIpc) is 2.95. The van der Waals surface area contributed by atoms with E-state index in [2.05, 4.69) is 10.6 Å². The lowest BCUT2D eigenvalue weighted by atomic mass is 10.2. The van der Waals surface area contributed by atoms with Crippen molar-refractivity contribution in [3.63, 3.8) is 0 Å². The van der Waals surface area contributed by atoms with Gasteiger partial charge in [0.25, 0.3) is 0 Å². The summed E-state index contributed by atoms with van der Waals surface area (Å²) >= 11 is 1.18. The number of thiazole rings is 1. The number of amides is 2. The largest absolute Gasteiger partial charge is 0.326 e. The highest BCUT2D eigenvalue weighted by atomic mass is 32.1. The maximum atomic E-state index is 12.3. The molecule has 0 saturated heterocycles. The SMILES string of the molecule is CC(C)C(=O)Nc1cccc(NC(=O)CCn2c(=O)sc3ccccc32)c1. The van der Waals surface area contributed by atoms with Crippen LogP contribution in [0.2, 0.25) is 0 Å². The van der Waals surface area contributed by atoms with E-state index in [1.807, 2.05) is 38.1 Å². The Morgan fingerprint density at radius 3 is 2.48 bits per heavy atom. The van der Waals surface area contributed by atoms with Gasteiger partial charge in [-0.15, -0.1) is 0 Å². The zero-order chi connectivity index (χ0) is 19.4. The molecule has 0 saturated carbocycles. The van der Waals surface area contributed by atoms with Crippen molar-refractivity contribution in [3.05, 3.63) is 58.2 Å². The van der Waals surface area contributed by atoms with E-state index in [1.54, 1.807) is 28.8 Å². The van der Waals surface area contributed by atoms with Gasteiger partial charge in [-0.05, 0) is 30.3 Å². The molecule has 0 atom stereocenters. The van der Waals surface area contributed by atoms with Gasteiger partial charge in [0.2, 0.25) is 11.8 Å². The van der Waals surface area contributed by atoms with E-state index >= 15 is 0 Å². The van der Waals surface area contributed by atoms with E-state index in [9.17, 15) is 14.4 Å². The standard InChI is InChI=1S/C20H21N3O3S/c1-13(2)19(25)22-15-7-5-6-14(12-15)21-18(24)10-11-23-16-8-3-4-9-17(16)27-20(23)26/h3-9,12-13H,10-11H2,1-2H3,(H,21,24)(H,22,25). The lowest BCUT2D eigenvalue weighted by molar-refractivity contribution is -0.119. The van der Waals surface area contributed by atoms with E-state index in [0.29, 0.717) is 17.9 Å². The van der Waals surface area contributed by atoms with Gasteiger partial charge in [-0.3, -0.25) is 19.0 Å². The van der Waals surface area contributed by atoms with Crippen LogP contribution in [0.15, 0.2) is 53.3 Å². The molecule has 0 radical (unpaired) electrons. The molecule has 6 nitrogen and oxygen atoms in total. The predicted octanol–water partition coefficient (Wildman–Crippen LogP) is 3.69. The van der Waals surface area contributed by atoms with Crippen molar-refractivity contribution >= 4 is 44.7 Å². The van der Waals surface area contributed by atoms with E-state index < -0.39 is 0 Å². The lowest BCUT2D eigenvalue weighted by Crippen LogP contribution is -2.20. The third kappa shape index (κ3) is 4.62. The van der Waals surface area contributed by atoms with Crippen LogP contribution in [-0.4, -0.2) is 16.4 Å². The second kappa shape index (κ2) is 8.18. The van der Waals surface area contributed by atoms with E-state index in [-0.39, 0.29) is 29.0 Å². The van der Waals surface area contributed by atoms with Gasteiger partial charge >= 0.3 is 4.87 Å². The van der Waals surface area contributed by atoms with Crippen LogP contribution in [0.1, 0.15) is 20.3 Å². The van der Waals surface area contributed by atoms with Crippen molar-refractivity contribution < 1.29 is 9.59 Å². The molecule has 0 fully saturated rings. The Bertz CT molecular complexity index is 1040. The molecule has 0 spiro atoms. The van der Waals surface area contributed by atoms with Gasteiger partial charge in [0.1, 0.15) is 0 Å². The van der Waals surface area contributed by atoms with Crippen LogP contribution < -0.4 is 15.5 Å². The fourth-order valence-electron chi connectivity index (χ4n) is 2.62. The van der Waals surface area contributed by atoms with Gasteiger partial charge < -0.3 is 10.6 Å². The summed E-state index contributed by atoms with van der Waals surface area (Å²) in [5.41, 5.74) is 2.08. The summed E-state index contributed by atoms with van der Waals surface area (Å²) in [5, 5.41) is 5.62. The molecule has 1 aromatic heterocycles. The second-order valence-electron chi connectivity index (χ2n) is 6.51. The number of carbonyl (C=O) groups excluding carboxylic acids is 2. The van der Waals surface area contributed by atoms with Crippen molar-refractivity contribution in [2.75, 3.05) is 10.6 Å². The number of carbonyl (C=O) groups is 2. The molecule has 2 amide bonds. The van der Waals surface area contributed by atoms with Crippen LogP contribution in [0, 0.1) is 5.92 Å². The monoisotopic (exact) mass is 383 g/mol. The number of para-hydroxylation sites is 1. The molecular weight excluding hydrogens is 362 g/mol. The van der Waals surface area contributed by atoms with Crippen molar-refractivity contribution in [3.8, 4) is 0 Å². The summed E-state index contributed by atoms with van der Waals surface area (Å²) in [6, 6.07) is 14.6. The minimum absolute atomic E-state index is 0.0672. The fraction of sp³-hybridized carbons (Fsp3) is 0.250. The maximum Gasteiger partial charge on any atom is 0.308 e. The fourth-order valence-corrected chi connectivity index (χ4v) is 3.54. The minimum Gasteiger partial charge on any atom is -0.326 e. The number of nitrogens with zero attached hydrogens (tertiary/aromatic N) is 1. The van der Waals surface area contributed by atoms with E-state index in [0.717, 1.165) is 10.2 Å². The molecule has 7 heteroatoms. The Labute approximate surface area is 160 Å². The van der Waals surface area contributed by atoms with Gasteiger partial charge in [-0.1, -0.05) is 43.4 Å². The van der Waals surface area contributed by atoms with Crippen LogP contribution in [0.5, 0.6) is 0 Å². The zero-order valence-corrected chi connectivity index (χ0v) is 16.0. The van der Waals surface area contributed by atoms with Gasteiger partial charge in [0.05, 0.1) is 10.2 Å². The van der Waals surface area contributed by atoms with Gasteiger partial charge in [-0.2, -0.15) is 0 Å². The highest BCUT2D eigenvalue weighted by Crippen LogP contribution is 2.18. The molecule has 1 heterocycles. The molecule has 0 aliphatic rings. The second-order valence-corrected chi connectivity index (χ2v) is 7.50. The molecule has 0 aliphatic carbocycles. The molecule has 2 N–H and O–H groups in total. The normalized spacial score (nSPS) is 10.9. The number of benzene rings is 2. The van der Waals surface area contributed by atoms with Gasteiger partial charge in [-0.25, -0.2) is 0 Å². The Morgan fingerprint density at radius 1 is 1.04 bits per heavy atom. The van der Waals surface area contributed by atoms with Crippen molar-refractivity contribution in [2.24, 2.45) is 5.92 Å². The third-order valence-electron chi connectivity index (χ3n) is 4.07. The number of rotatable bonds is 6. The highest BCUT2D eigenvalue weighted by Gasteiger charge is 2.10. The maximum absolute atomic E-state index is 12.3. The molecule has 0 bridgehead atoms. The first-order chi connectivity index (χ1) is 12.9. The number of fused-ring (bicyclic) bond motifs is 1. The molecule has 0 aliphatic heterocycles. The smallest absolute Gasteiger partial charge is 0.308 e. The molecule has 27 heavy (non-hydrogen) atoms. The summed E-state index contributed by atoms with van der Waals surface area (Å²) in [4.78, 5) is 36.1. The Hall–Kier alpha value is -2.93. The summed E-state index contributed by atoms with van der Waals surface area (Å²) < 4.78 is 2.54. The molecule has 2 aromatic carbocycles. The average molecular weight is 383 g/mol. The summed E-state index contributed by atoms with van der Waals surface area (Å²) in [6.45, 7) is 3.95. The van der Waals surface area contributed by atoms with Crippen LogP contribution in [-0.2, 0) is 16.1 Å². The van der Waals surface area contributed by atoms with Crippen molar-refractivity contribution in [2.45, 2.75) is 26.8 Å². The molecular formula is C20H21N3O3S. The first-order valence-corrected chi connectivity index (χ1v) is 9.55. The Kier molecular flexibility index (Phi) is 5.71. The Balaban J connectivity index is 1.63. The van der Waals surface area contributed by atoms with Gasteiger partial charge in [0, 0.05) is 30.3 Å². The quantitative estimate of drug-likeness (QED) is 0.681. The molecule has 3 rings (SSSR count). The predicted molar refractivity (Wildman–Crippen MR) is 109 cm³/mol. The van der Waals surface area contributed by atoms with Crippen LogP contribution in [0.3, 0.4) is 0 Å². The van der Waals surface area contributed by atoms with Gasteiger partial charge in [0.15, 0.2) is 0 Å².